The normalized spacial score (nSPS) is 21.0. The molecule has 250 valence electrons. The molecule has 1 spiro atoms. The summed E-state index contributed by atoms with van der Waals surface area (Å²) in [5, 5.41) is 14.0. The molecular weight excluding hydrogens is 584 g/mol. The van der Waals surface area contributed by atoms with Crippen LogP contribution in [0.25, 0.3) is 0 Å². The van der Waals surface area contributed by atoms with Crippen LogP contribution in [0.15, 0.2) is 48.5 Å². The summed E-state index contributed by atoms with van der Waals surface area (Å²) in [6, 6.07) is 14.3. The predicted molar refractivity (Wildman–Crippen MR) is 176 cm³/mol. The van der Waals surface area contributed by atoms with Crippen molar-refractivity contribution in [2.24, 2.45) is 5.92 Å². The molecule has 0 aliphatic carbocycles. The van der Waals surface area contributed by atoms with Gasteiger partial charge in [-0.3, -0.25) is 19.3 Å². The van der Waals surface area contributed by atoms with Crippen LogP contribution in [0.1, 0.15) is 75.2 Å². The minimum Gasteiger partial charge on any atom is -0.457 e. The van der Waals surface area contributed by atoms with Crippen molar-refractivity contribution in [1.82, 2.24) is 20.0 Å². The number of aliphatic hydroxyl groups is 1. The fraction of sp³-hybridized carbons (Fsp3) is 0.583. The fourth-order valence-electron chi connectivity index (χ4n) is 7.00. The van der Waals surface area contributed by atoms with Crippen LogP contribution in [0.3, 0.4) is 0 Å². The molecule has 10 heteroatoms. The van der Waals surface area contributed by atoms with Gasteiger partial charge >= 0.3 is 0 Å². The second-order valence-corrected chi connectivity index (χ2v) is 12.8. The monoisotopic (exact) mass is 634 g/mol. The number of amides is 3. The first-order chi connectivity index (χ1) is 22.3. The molecule has 3 heterocycles. The van der Waals surface area contributed by atoms with Crippen molar-refractivity contribution in [2.45, 2.75) is 83.5 Å². The maximum atomic E-state index is 13.8. The highest BCUT2D eigenvalue weighted by Crippen LogP contribution is 2.35. The minimum atomic E-state index is -0.885. The van der Waals surface area contributed by atoms with Gasteiger partial charge < -0.3 is 29.7 Å². The summed E-state index contributed by atoms with van der Waals surface area (Å²) in [5.74, 6) is 1.07. The largest absolute Gasteiger partial charge is 0.457 e. The minimum absolute atomic E-state index is 0.00676. The molecule has 0 bridgehead atoms. The number of piperidine rings is 1. The summed E-state index contributed by atoms with van der Waals surface area (Å²) in [6.45, 7) is 11.1. The van der Waals surface area contributed by atoms with Gasteiger partial charge in [-0.1, -0.05) is 52.2 Å². The van der Waals surface area contributed by atoms with Crippen LogP contribution in [0, 0.1) is 5.92 Å². The Morgan fingerprint density at radius 1 is 0.957 bits per heavy atom. The second-order valence-electron chi connectivity index (χ2n) is 12.8. The maximum absolute atomic E-state index is 13.8. The first-order valence-electron chi connectivity index (χ1n) is 17.1. The fourth-order valence-corrected chi connectivity index (χ4v) is 7.00. The highest BCUT2D eigenvalue weighted by Gasteiger charge is 2.55. The van der Waals surface area contributed by atoms with Crippen LogP contribution in [-0.4, -0.2) is 101 Å². The lowest BCUT2D eigenvalue weighted by molar-refractivity contribution is -0.165. The van der Waals surface area contributed by atoms with Crippen molar-refractivity contribution in [3.05, 3.63) is 59.7 Å². The Labute approximate surface area is 273 Å². The van der Waals surface area contributed by atoms with Gasteiger partial charge in [-0.05, 0) is 67.1 Å². The molecule has 0 saturated carbocycles. The molecule has 3 aliphatic rings. The maximum Gasteiger partial charge on any atom is 0.254 e. The number of hydrogen-bond donors (Lipinski definition) is 2. The topological polar surface area (TPSA) is 112 Å². The van der Waals surface area contributed by atoms with Gasteiger partial charge in [0, 0.05) is 44.8 Å². The van der Waals surface area contributed by atoms with Crippen molar-refractivity contribution >= 4 is 17.7 Å². The van der Waals surface area contributed by atoms with E-state index >= 15 is 0 Å². The van der Waals surface area contributed by atoms with Gasteiger partial charge in [0.2, 0.25) is 11.8 Å². The Balaban J connectivity index is 1.16. The van der Waals surface area contributed by atoms with E-state index < -0.39 is 17.7 Å². The van der Waals surface area contributed by atoms with Gasteiger partial charge in [0.25, 0.3) is 5.91 Å². The summed E-state index contributed by atoms with van der Waals surface area (Å²) in [6.07, 6.45) is 3.50. The average Bonchev–Trinajstić information content (AvgIpc) is 3.09. The lowest BCUT2D eigenvalue weighted by Crippen LogP contribution is -2.75. The lowest BCUT2D eigenvalue weighted by Gasteiger charge is -2.52. The third-order valence-corrected chi connectivity index (χ3v) is 10.0. The van der Waals surface area contributed by atoms with Crippen molar-refractivity contribution in [2.75, 3.05) is 45.9 Å². The Kier molecular flexibility index (Phi) is 11.4. The molecule has 5 rings (SSSR count). The number of likely N-dealkylation sites (tertiary alicyclic amines) is 1. The van der Waals surface area contributed by atoms with Gasteiger partial charge in [-0.2, -0.15) is 0 Å². The zero-order chi connectivity index (χ0) is 32.7. The zero-order valence-electron chi connectivity index (χ0n) is 27.6. The summed E-state index contributed by atoms with van der Waals surface area (Å²) in [7, 11) is 0. The van der Waals surface area contributed by atoms with E-state index in [1.807, 2.05) is 55.1 Å². The van der Waals surface area contributed by atoms with Crippen LogP contribution in [-0.2, 0) is 20.9 Å². The molecule has 10 nitrogen and oxygen atoms in total. The molecule has 3 fully saturated rings. The molecule has 2 atom stereocenters. The third kappa shape index (κ3) is 7.40. The number of rotatable bonds is 12. The van der Waals surface area contributed by atoms with E-state index in [4.69, 9.17) is 9.47 Å². The smallest absolute Gasteiger partial charge is 0.254 e. The summed E-state index contributed by atoms with van der Waals surface area (Å²) < 4.78 is 11.4. The Morgan fingerprint density at radius 2 is 1.57 bits per heavy atom. The third-order valence-electron chi connectivity index (χ3n) is 10.0. The summed E-state index contributed by atoms with van der Waals surface area (Å²) in [5.41, 5.74) is 0.901. The van der Waals surface area contributed by atoms with Crippen LogP contribution in [0.4, 0.5) is 0 Å². The Morgan fingerprint density at radius 3 is 2.15 bits per heavy atom. The Hall–Kier alpha value is -3.47. The number of carbonyl (C=O) groups is 3. The van der Waals surface area contributed by atoms with E-state index in [0.717, 1.165) is 37.8 Å². The number of unbranched alkanes of at least 4 members (excludes halogenated alkanes) is 1. The Bertz CT molecular complexity index is 1320. The molecular formula is C36H50N4O6. The predicted octanol–water partition coefficient (Wildman–Crippen LogP) is 4.21. The van der Waals surface area contributed by atoms with Crippen molar-refractivity contribution < 1.29 is 29.0 Å². The highest BCUT2D eigenvalue weighted by atomic mass is 16.5. The number of aliphatic hydroxyl groups excluding tert-OH is 1. The van der Waals surface area contributed by atoms with Gasteiger partial charge in [0.1, 0.15) is 23.1 Å². The number of carbonyl (C=O) groups excluding carboxylic acids is 3. The van der Waals surface area contributed by atoms with Crippen LogP contribution in [0.5, 0.6) is 11.5 Å². The van der Waals surface area contributed by atoms with Crippen LogP contribution in [0.2, 0.25) is 0 Å². The molecule has 0 radical (unpaired) electrons. The number of morpholine rings is 1. The van der Waals surface area contributed by atoms with Crippen molar-refractivity contribution in [3.8, 4) is 11.5 Å². The molecule has 2 aromatic carbocycles. The number of piperazine rings is 1. The molecule has 3 saturated heterocycles. The molecule has 2 N–H and O–H groups in total. The zero-order valence-corrected chi connectivity index (χ0v) is 27.6. The van der Waals surface area contributed by atoms with Gasteiger partial charge in [-0.15, -0.1) is 0 Å². The van der Waals surface area contributed by atoms with Gasteiger partial charge in [-0.25, -0.2) is 0 Å². The van der Waals surface area contributed by atoms with Crippen LogP contribution < -0.4 is 10.1 Å². The molecule has 0 aromatic heterocycles. The molecule has 3 aliphatic heterocycles. The van der Waals surface area contributed by atoms with Crippen molar-refractivity contribution in [1.29, 1.82) is 0 Å². The van der Waals surface area contributed by atoms with Crippen LogP contribution >= 0.6 is 0 Å². The van der Waals surface area contributed by atoms with E-state index in [2.05, 4.69) is 17.1 Å². The van der Waals surface area contributed by atoms with E-state index in [9.17, 15) is 19.5 Å². The van der Waals surface area contributed by atoms with Gasteiger partial charge in [0.15, 0.2) is 0 Å². The van der Waals surface area contributed by atoms with E-state index in [-0.39, 0.29) is 23.6 Å². The quantitative estimate of drug-likeness (QED) is 0.360. The summed E-state index contributed by atoms with van der Waals surface area (Å²) in [4.78, 5) is 46.1. The second kappa shape index (κ2) is 15.4. The number of nitrogens with one attached hydrogen (secondary N) is 1. The number of nitrogens with zero attached hydrogens (tertiary/aromatic N) is 3. The highest BCUT2D eigenvalue weighted by molar-refractivity contribution is 6.00. The first-order valence-corrected chi connectivity index (χ1v) is 17.1. The SMILES string of the molecule is CCCCN1C(=O)[C@@H]([C@H](O)C(CC)CC)NC(=O)C12CCN(Cc1ccc(Oc3ccc(C(=O)N4CCOCC4)cc3)cc1)CC2. The van der Waals surface area contributed by atoms with E-state index in [1.54, 1.807) is 17.0 Å². The van der Waals surface area contributed by atoms with Crippen molar-refractivity contribution in [3.63, 3.8) is 0 Å². The molecule has 46 heavy (non-hydrogen) atoms. The average molecular weight is 635 g/mol. The van der Waals surface area contributed by atoms with Gasteiger partial charge in [0.05, 0.1) is 19.3 Å². The first kappa shape index (κ1) is 33.9. The number of benzene rings is 2. The summed E-state index contributed by atoms with van der Waals surface area (Å²) >= 11 is 0. The van der Waals surface area contributed by atoms with E-state index in [0.29, 0.717) is 75.8 Å². The molecule has 2 aromatic rings. The number of hydrogen-bond acceptors (Lipinski definition) is 7. The number of ether oxygens (including phenoxy) is 2. The standard InChI is InChI=1S/C36H50N4O6/c1-4-7-18-40-34(43)31(32(41)27(5-2)6-3)37-35(44)36(40)16-19-38(20-17-36)25-26-8-12-29(13-9-26)46-30-14-10-28(11-15-30)33(42)39-21-23-45-24-22-39/h8-15,27,31-32,41H,4-7,16-25H2,1-3H3,(H,37,44)/t31-,32-/m1/s1. The lowest BCUT2D eigenvalue weighted by atomic mass is 9.79. The van der Waals surface area contributed by atoms with E-state index in [1.165, 1.54) is 0 Å². The molecule has 0 unspecified atom stereocenters. The molecule has 3 amide bonds.